The van der Waals surface area contributed by atoms with E-state index in [-0.39, 0.29) is 27.2 Å². The molecule has 1 aliphatic heterocycles. The summed E-state index contributed by atoms with van der Waals surface area (Å²) in [6.07, 6.45) is 4.46. The Morgan fingerprint density at radius 3 is 2.33 bits per heavy atom. The second-order valence-electron chi connectivity index (χ2n) is 10.4. The molecule has 1 fully saturated rings. The van der Waals surface area contributed by atoms with E-state index in [0.717, 1.165) is 12.5 Å². The van der Waals surface area contributed by atoms with Crippen molar-refractivity contribution in [2.45, 2.75) is 30.7 Å². The van der Waals surface area contributed by atoms with Gasteiger partial charge in [0.05, 0.1) is 41.5 Å². The van der Waals surface area contributed by atoms with E-state index < -0.39 is 44.8 Å². The van der Waals surface area contributed by atoms with Gasteiger partial charge in [-0.15, -0.1) is 0 Å². The van der Waals surface area contributed by atoms with Crippen molar-refractivity contribution in [2.24, 2.45) is 17.5 Å². The van der Waals surface area contributed by atoms with Gasteiger partial charge in [-0.3, -0.25) is 4.98 Å². The minimum atomic E-state index is -3.95. The van der Waals surface area contributed by atoms with Gasteiger partial charge in [-0.25, -0.2) is 32.4 Å². The van der Waals surface area contributed by atoms with Crippen molar-refractivity contribution in [3.63, 3.8) is 0 Å². The topological polar surface area (TPSA) is 139 Å². The SMILES string of the molecule is COc1ncc(S(C)(=O)=O)c2c1c1ncc(/C(=C(\C)N)N(C)N)cc1n2C(c1c(F)cc(F)cc1F)C1CCOCC1. The van der Waals surface area contributed by atoms with Gasteiger partial charge in [0.25, 0.3) is 0 Å². The molecule has 0 bridgehead atoms. The number of aromatic nitrogens is 3. The summed E-state index contributed by atoms with van der Waals surface area (Å²) >= 11 is 0. The highest BCUT2D eigenvalue weighted by atomic mass is 32.2. The summed E-state index contributed by atoms with van der Waals surface area (Å²) in [6.45, 7) is 2.28. The maximum absolute atomic E-state index is 15.7. The van der Waals surface area contributed by atoms with Crippen LogP contribution in [0.15, 0.2) is 41.2 Å². The number of sulfone groups is 1. The van der Waals surface area contributed by atoms with Gasteiger partial charge < -0.3 is 24.8 Å². The highest BCUT2D eigenvalue weighted by molar-refractivity contribution is 7.91. The summed E-state index contributed by atoms with van der Waals surface area (Å²) in [5.41, 5.74) is 7.69. The Hall–Kier alpha value is -3.88. The van der Waals surface area contributed by atoms with Crippen molar-refractivity contribution < 1.29 is 31.1 Å². The molecule has 1 unspecified atom stereocenters. The number of hydrazine groups is 1. The van der Waals surface area contributed by atoms with Gasteiger partial charge in [-0.2, -0.15) is 0 Å². The van der Waals surface area contributed by atoms with Gasteiger partial charge in [-0.05, 0) is 31.7 Å². The molecule has 0 spiro atoms. The van der Waals surface area contributed by atoms with Crippen LogP contribution in [0.1, 0.15) is 36.9 Å². The zero-order valence-corrected chi connectivity index (χ0v) is 24.3. The van der Waals surface area contributed by atoms with Crippen LogP contribution < -0.4 is 16.3 Å². The number of hydrogen-bond acceptors (Lipinski definition) is 9. The Morgan fingerprint density at radius 2 is 1.79 bits per heavy atom. The average Bonchev–Trinajstić information content (AvgIpc) is 3.23. The van der Waals surface area contributed by atoms with Crippen molar-refractivity contribution in [2.75, 3.05) is 33.6 Å². The first-order valence-corrected chi connectivity index (χ1v) is 15.0. The van der Waals surface area contributed by atoms with Gasteiger partial charge in [0.1, 0.15) is 27.9 Å². The van der Waals surface area contributed by atoms with Crippen LogP contribution in [0.25, 0.3) is 27.6 Å². The van der Waals surface area contributed by atoms with Gasteiger partial charge in [0, 0.05) is 61.7 Å². The van der Waals surface area contributed by atoms with Crippen molar-refractivity contribution in [1.82, 2.24) is 19.5 Å². The normalized spacial score (nSPS) is 16.1. The molecule has 224 valence electrons. The number of nitrogens with zero attached hydrogens (tertiary/aromatic N) is 4. The van der Waals surface area contributed by atoms with Crippen LogP contribution in [0, 0.1) is 23.4 Å². The number of allylic oxidation sites excluding steroid dienone is 1. The van der Waals surface area contributed by atoms with Gasteiger partial charge in [0.2, 0.25) is 5.88 Å². The van der Waals surface area contributed by atoms with Crippen molar-refractivity contribution in [3.8, 4) is 5.88 Å². The molecule has 0 aliphatic carbocycles. The first-order chi connectivity index (χ1) is 19.8. The molecule has 0 radical (unpaired) electrons. The van der Waals surface area contributed by atoms with Gasteiger partial charge in [0.15, 0.2) is 9.84 Å². The largest absolute Gasteiger partial charge is 0.480 e. The summed E-state index contributed by atoms with van der Waals surface area (Å²) in [6, 6.07) is 1.77. The molecule has 14 heteroatoms. The lowest BCUT2D eigenvalue weighted by Gasteiger charge is -2.33. The summed E-state index contributed by atoms with van der Waals surface area (Å²) in [5, 5.41) is 1.54. The van der Waals surface area contributed by atoms with E-state index >= 15 is 8.78 Å². The standard InChI is InChI=1S/C28H31F3N6O4S/c1-14(32)25(36(2)33)16-9-20-24(34-12-16)23-27(21(42(4,38)39)13-35-28(23)40-3)37(20)26(15-5-7-41-8-6-15)22-18(30)10-17(29)11-19(22)31/h9-13,15,26H,5-8,32-33H2,1-4H3/b25-14-. The monoisotopic (exact) mass is 604 g/mol. The molecule has 3 aromatic heterocycles. The number of hydrogen-bond donors (Lipinski definition) is 2. The van der Waals surface area contributed by atoms with Crippen molar-refractivity contribution >= 4 is 37.5 Å². The molecule has 4 N–H and O–H groups in total. The Kier molecular flexibility index (Phi) is 7.81. The van der Waals surface area contributed by atoms with Gasteiger partial charge >= 0.3 is 0 Å². The van der Waals surface area contributed by atoms with Crippen molar-refractivity contribution in [3.05, 3.63) is 64.9 Å². The predicted molar refractivity (Wildman–Crippen MR) is 151 cm³/mol. The number of nitrogens with two attached hydrogens (primary N) is 2. The van der Waals surface area contributed by atoms with E-state index in [4.69, 9.17) is 21.1 Å². The molecule has 42 heavy (non-hydrogen) atoms. The van der Waals surface area contributed by atoms with E-state index in [2.05, 4.69) is 9.97 Å². The van der Waals surface area contributed by atoms with E-state index in [9.17, 15) is 12.8 Å². The first-order valence-electron chi connectivity index (χ1n) is 13.1. The third-order valence-electron chi connectivity index (χ3n) is 7.51. The average molecular weight is 605 g/mol. The van der Waals surface area contributed by atoms with Crippen LogP contribution >= 0.6 is 0 Å². The van der Waals surface area contributed by atoms with Crippen LogP contribution in [0.5, 0.6) is 5.88 Å². The number of fused-ring (bicyclic) bond motifs is 3. The molecule has 4 heterocycles. The quantitative estimate of drug-likeness (QED) is 0.238. The maximum atomic E-state index is 15.7. The zero-order valence-electron chi connectivity index (χ0n) is 23.5. The fourth-order valence-corrected chi connectivity index (χ4v) is 6.66. The Bertz CT molecular complexity index is 1810. The number of rotatable bonds is 7. The molecule has 10 nitrogen and oxygen atoms in total. The zero-order chi connectivity index (χ0) is 30.5. The summed E-state index contributed by atoms with van der Waals surface area (Å²) in [4.78, 5) is 8.68. The molecule has 4 aromatic rings. The Labute approximate surface area is 240 Å². The Balaban J connectivity index is 2.03. The summed E-state index contributed by atoms with van der Waals surface area (Å²) in [5.74, 6) is 2.41. The smallest absolute Gasteiger partial charge is 0.224 e. The number of halogens is 3. The fraction of sp³-hybridized carbons (Fsp3) is 0.357. The lowest BCUT2D eigenvalue weighted by atomic mass is 9.86. The molecule has 1 atom stereocenters. The Morgan fingerprint density at radius 1 is 1.14 bits per heavy atom. The lowest BCUT2D eigenvalue weighted by molar-refractivity contribution is 0.0543. The number of pyridine rings is 2. The van der Waals surface area contributed by atoms with E-state index in [1.165, 1.54) is 18.3 Å². The molecule has 5 rings (SSSR count). The maximum Gasteiger partial charge on any atom is 0.224 e. The number of benzene rings is 1. The second-order valence-corrected chi connectivity index (χ2v) is 12.4. The molecule has 0 amide bonds. The molecule has 0 saturated carbocycles. The van der Waals surface area contributed by atoms with E-state index in [1.54, 1.807) is 24.6 Å². The van der Waals surface area contributed by atoms with Crippen LogP contribution in [0.4, 0.5) is 13.2 Å². The fourth-order valence-electron chi connectivity index (χ4n) is 5.87. The first kappa shape index (κ1) is 29.6. The number of ether oxygens (including phenoxy) is 2. The second kappa shape index (κ2) is 11.1. The lowest BCUT2D eigenvalue weighted by Crippen LogP contribution is -2.29. The summed E-state index contributed by atoms with van der Waals surface area (Å²) in [7, 11) is -0.984. The van der Waals surface area contributed by atoms with E-state index in [0.29, 0.717) is 60.7 Å². The highest BCUT2D eigenvalue weighted by Gasteiger charge is 2.36. The number of methoxy groups -OCH3 is 1. The third kappa shape index (κ3) is 5.03. The van der Waals surface area contributed by atoms with E-state index in [1.807, 2.05) is 0 Å². The summed E-state index contributed by atoms with van der Waals surface area (Å²) < 4.78 is 84.4. The highest BCUT2D eigenvalue weighted by Crippen LogP contribution is 2.45. The molecular weight excluding hydrogens is 573 g/mol. The minimum absolute atomic E-state index is 0.0638. The minimum Gasteiger partial charge on any atom is -0.480 e. The predicted octanol–water partition coefficient (Wildman–Crippen LogP) is 3.88. The van der Waals surface area contributed by atoms with Crippen molar-refractivity contribution in [1.29, 1.82) is 0 Å². The van der Waals surface area contributed by atoms with Crippen LogP contribution in [0.2, 0.25) is 0 Å². The van der Waals surface area contributed by atoms with Crippen LogP contribution in [-0.2, 0) is 14.6 Å². The van der Waals surface area contributed by atoms with Crippen LogP contribution in [-0.4, -0.2) is 61.6 Å². The molecule has 1 saturated heterocycles. The third-order valence-corrected chi connectivity index (χ3v) is 8.61. The van der Waals surface area contributed by atoms with Gasteiger partial charge in [-0.1, -0.05) is 0 Å². The molecule has 1 aromatic carbocycles. The van der Waals surface area contributed by atoms with Crippen LogP contribution in [0.3, 0.4) is 0 Å². The molecular formula is C28H31F3N6O4S. The molecule has 1 aliphatic rings.